The second-order valence-electron chi connectivity index (χ2n) is 10.2. The number of aromatic amines is 1. The molecule has 0 unspecified atom stereocenters. The van der Waals surface area contributed by atoms with Crippen molar-refractivity contribution in [1.82, 2.24) is 9.88 Å². The lowest BCUT2D eigenvalue weighted by Crippen LogP contribution is -2.27. The number of H-pyrrole nitrogens is 1. The number of fused-ring (bicyclic) bond motifs is 1. The van der Waals surface area contributed by atoms with Gasteiger partial charge in [-0.1, -0.05) is 26.8 Å². The van der Waals surface area contributed by atoms with Gasteiger partial charge in [0.25, 0.3) is 0 Å². The van der Waals surface area contributed by atoms with Crippen LogP contribution in [0.3, 0.4) is 0 Å². The zero-order valence-electron chi connectivity index (χ0n) is 19.7. The molecule has 0 radical (unpaired) electrons. The number of likely N-dealkylation sites (N-methyl/N-ethyl adjacent to an activating group) is 1. The van der Waals surface area contributed by atoms with E-state index in [-0.39, 0.29) is 35.1 Å². The first-order chi connectivity index (χ1) is 15.4. The Hall–Kier alpha value is -3.48. The molecule has 1 saturated carbocycles. The molecule has 174 valence electrons. The smallest absolute Gasteiger partial charge is 0.235 e. The fourth-order valence-electron chi connectivity index (χ4n) is 4.30. The van der Waals surface area contributed by atoms with Crippen molar-refractivity contribution in [2.24, 2.45) is 0 Å². The molecule has 2 aromatic carbocycles. The Morgan fingerprint density at radius 3 is 2.33 bits per heavy atom. The topological polar surface area (TPSA) is 106 Å². The third-order valence-electron chi connectivity index (χ3n) is 6.45. The number of carbonyl (C=O) groups excluding carboxylic acids is 2. The van der Waals surface area contributed by atoms with Crippen LogP contribution in [0.4, 0.5) is 5.69 Å². The first kappa shape index (κ1) is 22.7. The molecule has 3 aromatic rings. The van der Waals surface area contributed by atoms with Gasteiger partial charge in [-0.2, -0.15) is 0 Å². The molecule has 0 spiro atoms. The van der Waals surface area contributed by atoms with Gasteiger partial charge in [0.2, 0.25) is 11.8 Å². The molecular formula is C26H31N3O4. The molecule has 4 rings (SSSR count). The van der Waals surface area contributed by atoms with E-state index in [1.165, 1.54) is 12.1 Å². The van der Waals surface area contributed by atoms with Crippen molar-refractivity contribution in [3.8, 4) is 11.5 Å². The van der Waals surface area contributed by atoms with Crippen LogP contribution in [0.25, 0.3) is 10.9 Å². The number of hydrogen-bond acceptors (Lipinski definition) is 4. The zero-order valence-corrected chi connectivity index (χ0v) is 19.7. The lowest BCUT2D eigenvalue weighted by Gasteiger charge is -2.20. The van der Waals surface area contributed by atoms with Gasteiger partial charge in [-0.25, -0.2) is 0 Å². The summed E-state index contributed by atoms with van der Waals surface area (Å²) in [5.41, 5.74) is 3.32. The maximum Gasteiger partial charge on any atom is 0.235 e. The van der Waals surface area contributed by atoms with Gasteiger partial charge < -0.3 is 25.4 Å². The summed E-state index contributed by atoms with van der Waals surface area (Å²) in [6.07, 6.45) is 1.62. The van der Waals surface area contributed by atoms with E-state index in [9.17, 15) is 19.8 Å². The van der Waals surface area contributed by atoms with Gasteiger partial charge in [-0.3, -0.25) is 9.59 Å². The summed E-state index contributed by atoms with van der Waals surface area (Å²) in [7, 11) is 3.49. The van der Waals surface area contributed by atoms with Gasteiger partial charge in [0.05, 0.1) is 11.8 Å². The number of hydrogen-bond donors (Lipinski definition) is 4. The molecule has 1 aromatic heterocycles. The normalized spacial score (nSPS) is 14.8. The molecule has 2 amide bonds. The van der Waals surface area contributed by atoms with Crippen LogP contribution in [-0.4, -0.2) is 46.0 Å². The van der Waals surface area contributed by atoms with E-state index in [0.717, 1.165) is 22.2 Å². The van der Waals surface area contributed by atoms with Crippen LogP contribution in [0, 0.1) is 0 Å². The third-order valence-corrected chi connectivity index (χ3v) is 6.45. The fraction of sp³-hybridized carbons (Fsp3) is 0.385. The Morgan fingerprint density at radius 2 is 1.76 bits per heavy atom. The maximum atomic E-state index is 13.2. The highest BCUT2D eigenvalue weighted by atomic mass is 16.3. The number of anilines is 1. The molecule has 7 nitrogen and oxygen atoms in total. The van der Waals surface area contributed by atoms with Gasteiger partial charge in [0.15, 0.2) is 11.5 Å². The van der Waals surface area contributed by atoms with Gasteiger partial charge in [-0.15, -0.1) is 0 Å². The third kappa shape index (κ3) is 4.15. The molecule has 1 heterocycles. The van der Waals surface area contributed by atoms with Crippen molar-refractivity contribution in [3.63, 3.8) is 0 Å². The Kier molecular flexibility index (Phi) is 5.39. The van der Waals surface area contributed by atoms with Crippen molar-refractivity contribution in [3.05, 3.63) is 53.2 Å². The molecule has 33 heavy (non-hydrogen) atoms. The second kappa shape index (κ2) is 7.83. The van der Waals surface area contributed by atoms with Crippen LogP contribution < -0.4 is 5.32 Å². The van der Waals surface area contributed by atoms with Crippen molar-refractivity contribution in [2.75, 3.05) is 19.4 Å². The summed E-state index contributed by atoms with van der Waals surface area (Å²) in [5.74, 6) is -0.572. The number of carbonyl (C=O) groups is 2. The highest BCUT2D eigenvalue weighted by molar-refractivity contribution is 6.03. The Labute approximate surface area is 193 Å². The minimum absolute atomic E-state index is 0.0138. The molecular weight excluding hydrogens is 418 g/mol. The zero-order chi connectivity index (χ0) is 24.1. The average Bonchev–Trinajstić information content (AvgIpc) is 3.47. The number of phenols is 2. The van der Waals surface area contributed by atoms with Gasteiger partial charge in [0, 0.05) is 41.8 Å². The van der Waals surface area contributed by atoms with Crippen molar-refractivity contribution < 1.29 is 19.8 Å². The van der Waals surface area contributed by atoms with Crippen LogP contribution in [0.1, 0.15) is 50.4 Å². The molecule has 1 aliphatic carbocycles. The van der Waals surface area contributed by atoms with E-state index >= 15 is 0 Å². The van der Waals surface area contributed by atoms with E-state index < -0.39 is 5.41 Å². The Balaban J connectivity index is 1.68. The van der Waals surface area contributed by atoms with Crippen molar-refractivity contribution >= 4 is 28.4 Å². The standard InChI is InChI=1S/C26H31N3O4/c1-25(2,3)23-18(14-22(32)29(4)5)17-13-16(7-8-19(17)28-23)27-24(33)26(10-11-26)15-6-9-20(30)21(31)12-15/h6-9,12-13,28,30-31H,10-11,14H2,1-5H3,(H,27,33). The highest BCUT2D eigenvalue weighted by Crippen LogP contribution is 2.50. The number of rotatable bonds is 5. The van der Waals surface area contributed by atoms with Crippen LogP contribution in [0.2, 0.25) is 0 Å². The number of aromatic hydroxyl groups is 2. The summed E-state index contributed by atoms with van der Waals surface area (Å²) < 4.78 is 0. The maximum absolute atomic E-state index is 13.2. The lowest BCUT2D eigenvalue weighted by atomic mass is 9.87. The summed E-state index contributed by atoms with van der Waals surface area (Å²) in [4.78, 5) is 30.8. The largest absolute Gasteiger partial charge is 0.504 e. The Morgan fingerprint density at radius 1 is 1.06 bits per heavy atom. The molecule has 4 N–H and O–H groups in total. The van der Waals surface area contributed by atoms with Crippen LogP contribution in [-0.2, 0) is 26.8 Å². The minimum atomic E-state index is -0.710. The molecule has 7 heteroatoms. The van der Waals surface area contributed by atoms with Gasteiger partial charge in [0.1, 0.15) is 0 Å². The molecule has 1 aliphatic rings. The highest BCUT2D eigenvalue weighted by Gasteiger charge is 2.51. The van der Waals surface area contributed by atoms with Crippen LogP contribution in [0.15, 0.2) is 36.4 Å². The van der Waals surface area contributed by atoms with E-state index in [4.69, 9.17) is 0 Å². The fourth-order valence-corrected chi connectivity index (χ4v) is 4.30. The van der Waals surface area contributed by atoms with Gasteiger partial charge >= 0.3 is 0 Å². The molecule has 0 aliphatic heterocycles. The van der Waals surface area contributed by atoms with Gasteiger partial charge in [-0.05, 0) is 54.3 Å². The van der Waals surface area contributed by atoms with Crippen molar-refractivity contribution in [1.29, 1.82) is 0 Å². The first-order valence-corrected chi connectivity index (χ1v) is 11.1. The number of benzene rings is 2. The second-order valence-corrected chi connectivity index (χ2v) is 10.2. The number of aromatic nitrogens is 1. The number of amides is 2. The number of phenolic OH excluding ortho intramolecular Hbond substituents is 2. The Bertz CT molecular complexity index is 1250. The van der Waals surface area contributed by atoms with E-state index in [1.54, 1.807) is 25.1 Å². The molecule has 0 bridgehead atoms. The van der Waals surface area contributed by atoms with Crippen molar-refractivity contribution in [2.45, 2.75) is 50.9 Å². The van der Waals surface area contributed by atoms with E-state index in [0.29, 0.717) is 24.1 Å². The first-order valence-electron chi connectivity index (χ1n) is 11.1. The molecule has 0 saturated heterocycles. The predicted octanol–water partition coefficient (Wildman–Crippen LogP) is 4.18. The quantitative estimate of drug-likeness (QED) is 0.439. The minimum Gasteiger partial charge on any atom is -0.504 e. The molecule has 1 fully saturated rings. The average molecular weight is 450 g/mol. The summed E-state index contributed by atoms with van der Waals surface area (Å²) in [6, 6.07) is 10.2. The monoisotopic (exact) mass is 449 g/mol. The lowest BCUT2D eigenvalue weighted by molar-refractivity contribution is -0.128. The van der Waals surface area contributed by atoms with Crippen LogP contribution in [0.5, 0.6) is 11.5 Å². The van der Waals surface area contributed by atoms with E-state index in [1.807, 2.05) is 18.2 Å². The number of nitrogens with zero attached hydrogens (tertiary/aromatic N) is 1. The summed E-state index contributed by atoms with van der Waals surface area (Å²) in [6.45, 7) is 6.32. The SMILES string of the molecule is CN(C)C(=O)Cc1c(C(C)(C)C)[nH]c2ccc(NC(=O)C3(c4ccc(O)c(O)c4)CC3)cc12. The predicted molar refractivity (Wildman–Crippen MR) is 129 cm³/mol. The van der Waals surface area contributed by atoms with Crippen LogP contribution >= 0.6 is 0 Å². The summed E-state index contributed by atoms with van der Waals surface area (Å²) >= 11 is 0. The van der Waals surface area contributed by atoms with E-state index in [2.05, 4.69) is 31.1 Å². The number of nitrogens with one attached hydrogen (secondary N) is 2. The summed E-state index contributed by atoms with van der Waals surface area (Å²) in [5, 5.41) is 23.4. The molecule has 0 atom stereocenters.